The molecule has 1 rings (SSSR count). The number of nitrogens with zero attached hydrogens (tertiary/aromatic N) is 2. The maximum Gasteiger partial charge on any atom is 0.248 e. The van der Waals surface area contributed by atoms with Crippen LogP contribution in [0.2, 0.25) is 0 Å². The minimum atomic E-state index is -0.132. The highest BCUT2D eigenvalue weighted by atomic mass is 16.5. The highest BCUT2D eigenvalue weighted by molar-refractivity contribution is 5.77. The number of piperidine rings is 1. The van der Waals surface area contributed by atoms with Gasteiger partial charge in [0.25, 0.3) is 0 Å². The summed E-state index contributed by atoms with van der Waals surface area (Å²) in [5.74, 6) is -0.147. The molecule has 18 heavy (non-hydrogen) atoms. The first kappa shape index (κ1) is 14.9. The second kappa shape index (κ2) is 8.06. The topological polar surface area (TPSA) is 65.4 Å². The van der Waals surface area contributed by atoms with Crippen LogP contribution in [0.15, 0.2) is 0 Å². The van der Waals surface area contributed by atoms with Gasteiger partial charge in [-0.25, -0.2) is 0 Å². The normalized spacial score (nSPS) is 18.1. The summed E-state index contributed by atoms with van der Waals surface area (Å²) >= 11 is 0. The fourth-order valence-corrected chi connectivity index (χ4v) is 2.02. The fraction of sp³-hybridized carbons (Fsp3) is 0.846. The average Bonchev–Trinajstić information content (AvgIpc) is 2.42. The highest BCUT2D eigenvalue weighted by Crippen LogP contribution is 2.08. The number of ether oxygens (including phenoxy) is 1. The first-order valence-electron chi connectivity index (χ1n) is 6.67. The lowest BCUT2D eigenvalue weighted by Crippen LogP contribution is -2.39. The smallest absolute Gasteiger partial charge is 0.248 e. The van der Waals surface area contributed by atoms with Gasteiger partial charge in [-0.2, -0.15) is 5.26 Å². The molecule has 1 unspecified atom stereocenters. The number of carbonyl (C=O) groups excluding carboxylic acids is 1. The standard InChI is InChI=1S/C13H23N3O2/c1-3-16(9-11(2)8-14)13(17)10-18-12-4-6-15-7-5-12/h11-12,15H,3-7,9-10H2,1-2H3. The van der Waals surface area contributed by atoms with Gasteiger partial charge in [-0.3, -0.25) is 4.79 Å². The van der Waals surface area contributed by atoms with Crippen LogP contribution in [0.3, 0.4) is 0 Å². The van der Waals surface area contributed by atoms with Crippen LogP contribution in [0, 0.1) is 17.2 Å². The van der Waals surface area contributed by atoms with Crippen molar-refractivity contribution in [3.05, 3.63) is 0 Å². The Morgan fingerprint density at radius 2 is 2.22 bits per heavy atom. The summed E-state index contributed by atoms with van der Waals surface area (Å²) in [7, 11) is 0. The largest absolute Gasteiger partial charge is 0.368 e. The van der Waals surface area contributed by atoms with Gasteiger partial charge in [-0.05, 0) is 39.8 Å². The number of nitriles is 1. The van der Waals surface area contributed by atoms with Gasteiger partial charge in [-0.15, -0.1) is 0 Å². The predicted octanol–water partition coefficient (Wildman–Crippen LogP) is 0.763. The molecule has 0 aromatic rings. The van der Waals surface area contributed by atoms with Gasteiger partial charge in [0.2, 0.25) is 5.91 Å². The SMILES string of the molecule is CCN(CC(C)C#N)C(=O)COC1CCNCC1. The molecule has 1 atom stereocenters. The number of rotatable bonds is 6. The molecule has 1 aliphatic heterocycles. The second-order valence-electron chi connectivity index (χ2n) is 4.72. The summed E-state index contributed by atoms with van der Waals surface area (Å²) in [6.07, 6.45) is 2.13. The van der Waals surface area contributed by atoms with Crippen LogP contribution >= 0.6 is 0 Å². The van der Waals surface area contributed by atoms with Crippen molar-refractivity contribution in [2.24, 2.45) is 5.92 Å². The molecule has 1 N–H and O–H groups in total. The number of carbonyl (C=O) groups is 1. The van der Waals surface area contributed by atoms with Gasteiger partial charge in [0.15, 0.2) is 0 Å². The van der Waals surface area contributed by atoms with E-state index in [4.69, 9.17) is 10.00 Å². The Balaban J connectivity index is 2.30. The Morgan fingerprint density at radius 1 is 1.56 bits per heavy atom. The second-order valence-corrected chi connectivity index (χ2v) is 4.72. The molecule has 1 amide bonds. The molecule has 0 aromatic heterocycles. The van der Waals surface area contributed by atoms with E-state index < -0.39 is 0 Å². The molecule has 0 saturated carbocycles. The van der Waals surface area contributed by atoms with Crippen LogP contribution in [0.5, 0.6) is 0 Å². The molecule has 0 aliphatic carbocycles. The number of hydrogen-bond acceptors (Lipinski definition) is 4. The zero-order valence-corrected chi connectivity index (χ0v) is 11.3. The molecule has 1 saturated heterocycles. The van der Waals surface area contributed by atoms with E-state index in [9.17, 15) is 4.79 Å². The van der Waals surface area contributed by atoms with Crippen LogP contribution in [0.25, 0.3) is 0 Å². The summed E-state index contributed by atoms with van der Waals surface area (Å²) in [5, 5.41) is 12.0. The summed E-state index contributed by atoms with van der Waals surface area (Å²) in [5.41, 5.74) is 0. The Morgan fingerprint density at radius 3 is 2.78 bits per heavy atom. The van der Waals surface area contributed by atoms with E-state index in [1.54, 1.807) is 4.90 Å². The average molecular weight is 253 g/mol. The van der Waals surface area contributed by atoms with E-state index in [1.807, 2.05) is 13.8 Å². The number of nitrogens with one attached hydrogen (secondary N) is 1. The molecular weight excluding hydrogens is 230 g/mol. The maximum absolute atomic E-state index is 11.9. The number of hydrogen-bond donors (Lipinski definition) is 1. The van der Waals surface area contributed by atoms with Crippen molar-refractivity contribution >= 4 is 5.91 Å². The van der Waals surface area contributed by atoms with Crippen molar-refractivity contribution in [3.63, 3.8) is 0 Å². The molecule has 5 heteroatoms. The van der Waals surface area contributed by atoms with Crippen molar-refractivity contribution in [2.75, 3.05) is 32.8 Å². The number of likely N-dealkylation sites (N-methyl/N-ethyl adjacent to an activating group) is 1. The molecule has 5 nitrogen and oxygen atoms in total. The molecule has 0 spiro atoms. The monoisotopic (exact) mass is 253 g/mol. The van der Waals surface area contributed by atoms with Crippen molar-refractivity contribution in [1.29, 1.82) is 5.26 Å². The van der Waals surface area contributed by atoms with E-state index in [0.29, 0.717) is 13.1 Å². The minimum absolute atomic E-state index is 0.0156. The summed E-state index contributed by atoms with van der Waals surface area (Å²) in [4.78, 5) is 13.6. The molecule has 1 aliphatic rings. The molecular formula is C13H23N3O2. The van der Waals surface area contributed by atoms with Crippen LogP contribution in [0.4, 0.5) is 0 Å². The highest BCUT2D eigenvalue weighted by Gasteiger charge is 2.18. The lowest BCUT2D eigenvalue weighted by atomic mass is 10.1. The van der Waals surface area contributed by atoms with E-state index in [0.717, 1.165) is 25.9 Å². The van der Waals surface area contributed by atoms with Crippen molar-refractivity contribution in [3.8, 4) is 6.07 Å². The van der Waals surface area contributed by atoms with Crippen LogP contribution in [0.1, 0.15) is 26.7 Å². The first-order valence-corrected chi connectivity index (χ1v) is 6.67. The van der Waals surface area contributed by atoms with E-state index in [-0.39, 0.29) is 24.5 Å². The fourth-order valence-electron chi connectivity index (χ4n) is 2.02. The summed E-state index contributed by atoms with van der Waals surface area (Å²) in [6, 6.07) is 2.15. The Kier molecular flexibility index (Phi) is 6.69. The lowest BCUT2D eigenvalue weighted by Gasteiger charge is -2.26. The summed E-state index contributed by atoms with van der Waals surface area (Å²) in [6.45, 7) is 6.91. The molecule has 102 valence electrons. The van der Waals surface area contributed by atoms with Crippen molar-refractivity contribution in [2.45, 2.75) is 32.8 Å². The Hall–Kier alpha value is -1.12. The third-order valence-corrected chi connectivity index (χ3v) is 3.18. The number of amides is 1. The van der Waals surface area contributed by atoms with Gasteiger partial charge in [0.1, 0.15) is 6.61 Å². The minimum Gasteiger partial charge on any atom is -0.368 e. The first-order chi connectivity index (χ1) is 8.67. The van der Waals surface area contributed by atoms with Crippen LogP contribution < -0.4 is 5.32 Å². The predicted molar refractivity (Wildman–Crippen MR) is 68.9 cm³/mol. The molecule has 1 heterocycles. The lowest BCUT2D eigenvalue weighted by molar-refractivity contribution is -0.138. The van der Waals surface area contributed by atoms with E-state index >= 15 is 0 Å². The third kappa shape index (κ3) is 5.03. The zero-order chi connectivity index (χ0) is 13.4. The van der Waals surface area contributed by atoms with Gasteiger partial charge < -0.3 is 15.0 Å². The maximum atomic E-state index is 11.9. The summed E-state index contributed by atoms with van der Waals surface area (Å²) < 4.78 is 5.63. The van der Waals surface area contributed by atoms with Crippen molar-refractivity contribution < 1.29 is 9.53 Å². The molecule has 1 fully saturated rings. The van der Waals surface area contributed by atoms with E-state index in [1.165, 1.54) is 0 Å². The quantitative estimate of drug-likeness (QED) is 0.759. The van der Waals surface area contributed by atoms with Crippen LogP contribution in [-0.4, -0.2) is 49.7 Å². The molecule has 0 bridgehead atoms. The van der Waals surface area contributed by atoms with Gasteiger partial charge in [-0.1, -0.05) is 0 Å². The van der Waals surface area contributed by atoms with Crippen LogP contribution in [-0.2, 0) is 9.53 Å². The molecule has 0 aromatic carbocycles. The molecule has 0 radical (unpaired) electrons. The van der Waals surface area contributed by atoms with Gasteiger partial charge in [0.05, 0.1) is 18.1 Å². The van der Waals surface area contributed by atoms with E-state index in [2.05, 4.69) is 11.4 Å². The van der Waals surface area contributed by atoms with Crippen molar-refractivity contribution in [1.82, 2.24) is 10.2 Å². The van der Waals surface area contributed by atoms with Gasteiger partial charge in [0, 0.05) is 13.1 Å². The Labute approximate surface area is 109 Å². The van der Waals surface area contributed by atoms with Gasteiger partial charge >= 0.3 is 0 Å². The zero-order valence-electron chi connectivity index (χ0n) is 11.3. The third-order valence-electron chi connectivity index (χ3n) is 3.18. The Bertz CT molecular complexity index is 295.